The Balaban J connectivity index is 1.36. The van der Waals surface area contributed by atoms with Crippen LogP contribution in [0.25, 0.3) is 87.7 Å². The molecule has 0 bridgehead atoms. The Labute approximate surface area is 246 Å². The fourth-order valence-electron chi connectivity index (χ4n) is 7.31. The topological polar surface area (TPSA) is 23.0 Å². The molecule has 3 heteroatoms. The van der Waals surface area contributed by atoms with Crippen molar-refractivity contribution < 1.29 is 4.42 Å². The van der Waals surface area contributed by atoms with Gasteiger partial charge in [0.25, 0.3) is 0 Å². The zero-order valence-corrected chi connectivity index (χ0v) is 23.2. The van der Waals surface area contributed by atoms with E-state index in [-0.39, 0.29) is 0 Å². The van der Waals surface area contributed by atoms with Gasteiger partial charge >= 0.3 is 0 Å². The van der Waals surface area contributed by atoms with E-state index in [1.165, 1.54) is 60.1 Å². The molecular weight excluding hydrogens is 524 g/mol. The molecule has 0 N–H and O–H groups in total. The molecule has 0 fully saturated rings. The molecule has 0 aliphatic rings. The van der Waals surface area contributed by atoms with Gasteiger partial charge in [0, 0.05) is 43.4 Å². The molecule has 200 valence electrons. The Hall–Kier alpha value is -5.80. The lowest BCUT2D eigenvalue weighted by Gasteiger charge is -2.12. The molecule has 0 amide bonds. The van der Waals surface area contributed by atoms with Gasteiger partial charge in [0.1, 0.15) is 11.2 Å². The van der Waals surface area contributed by atoms with Gasteiger partial charge in [0.2, 0.25) is 0 Å². The van der Waals surface area contributed by atoms with E-state index in [0.717, 1.165) is 27.6 Å². The van der Waals surface area contributed by atoms with Gasteiger partial charge in [0.05, 0.1) is 27.8 Å². The van der Waals surface area contributed by atoms with Gasteiger partial charge in [0.15, 0.2) is 0 Å². The Morgan fingerprint density at radius 2 is 0.953 bits per heavy atom. The highest BCUT2D eigenvalue weighted by atomic mass is 16.3. The first kappa shape index (κ1) is 22.8. The van der Waals surface area contributed by atoms with E-state index >= 15 is 0 Å². The second-order valence-electron chi connectivity index (χ2n) is 11.3. The van der Waals surface area contributed by atoms with Gasteiger partial charge in [-0.2, -0.15) is 0 Å². The number of nitrogens with zero attached hydrogens (tertiary/aromatic N) is 2. The second kappa shape index (κ2) is 8.37. The van der Waals surface area contributed by atoms with E-state index < -0.39 is 0 Å². The zero-order valence-electron chi connectivity index (χ0n) is 23.2. The fraction of sp³-hybridized carbons (Fsp3) is 0. The van der Waals surface area contributed by atoms with Crippen molar-refractivity contribution in [2.45, 2.75) is 0 Å². The molecule has 0 saturated carbocycles. The standard InChI is InChI=1S/C40H24N2O/c1-2-12-27-25(10-1)11-9-18-32(27)42-34-17-7-4-15-30(34)40-36(42)22-21-35-39(40)29-14-3-6-16-33(29)41(35)26-20-23-38-31(24-26)28-13-5-8-19-37(28)43-38/h1-24H. The van der Waals surface area contributed by atoms with Crippen LogP contribution in [0.1, 0.15) is 0 Å². The van der Waals surface area contributed by atoms with Crippen LogP contribution in [-0.2, 0) is 0 Å². The average Bonchev–Trinajstić information content (AvgIpc) is 3.71. The summed E-state index contributed by atoms with van der Waals surface area (Å²) in [6, 6.07) is 52.3. The summed E-state index contributed by atoms with van der Waals surface area (Å²) < 4.78 is 11.0. The van der Waals surface area contributed by atoms with Crippen LogP contribution in [0.15, 0.2) is 150 Å². The van der Waals surface area contributed by atoms with Gasteiger partial charge in [-0.3, -0.25) is 0 Å². The highest BCUT2D eigenvalue weighted by Crippen LogP contribution is 2.43. The molecule has 0 spiro atoms. The first-order valence-electron chi connectivity index (χ1n) is 14.7. The minimum absolute atomic E-state index is 0.909. The highest BCUT2D eigenvalue weighted by molar-refractivity contribution is 6.29. The van der Waals surface area contributed by atoms with Crippen molar-refractivity contribution in [3.05, 3.63) is 146 Å². The summed E-state index contributed by atoms with van der Waals surface area (Å²) >= 11 is 0. The van der Waals surface area contributed by atoms with Crippen molar-refractivity contribution in [2.75, 3.05) is 0 Å². The predicted octanol–water partition coefficient (Wildman–Crippen LogP) is 10.9. The van der Waals surface area contributed by atoms with Crippen LogP contribution in [0.2, 0.25) is 0 Å². The summed E-state index contributed by atoms with van der Waals surface area (Å²) in [6.45, 7) is 0. The Bertz CT molecular complexity index is 2730. The molecule has 0 aliphatic carbocycles. The Kier molecular flexibility index (Phi) is 4.45. The number of para-hydroxylation sites is 3. The van der Waals surface area contributed by atoms with Gasteiger partial charge < -0.3 is 13.6 Å². The molecule has 43 heavy (non-hydrogen) atoms. The summed E-state index contributed by atoms with van der Waals surface area (Å²) in [7, 11) is 0. The Morgan fingerprint density at radius 1 is 0.372 bits per heavy atom. The maximum absolute atomic E-state index is 6.17. The largest absolute Gasteiger partial charge is 0.456 e. The van der Waals surface area contributed by atoms with E-state index in [9.17, 15) is 0 Å². The molecule has 7 aromatic carbocycles. The van der Waals surface area contributed by atoms with E-state index in [4.69, 9.17) is 4.42 Å². The van der Waals surface area contributed by atoms with Crippen molar-refractivity contribution in [3.63, 3.8) is 0 Å². The van der Waals surface area contributed by atoms with E-state index in [1.807, 2.05) is 12.1 Å². The molecule has 10 aromatic rings. The van der Waals surface area contributed by atoms with Crippen molar-refractivity contribution >= 4 is 76.3 Å². The van der Waals surface area contributed by atoms with Crippen molar-refractivity contribution in [1.29, 1.82) is 0 Å². The third-order valence-electron chi connectivity index (χ3n) is 9.10. The molecular formula is C40H24N2O. The maximum Gasteiger partial charge on any atom is 0.135 e. The van der Waals surface area contributed by atoms with Crippen LogP contribution in [-0.4, -0.2) is 9.13 Å². The van der Waals surface area contributed by atoms with Crippen LogP contribution in [0.3, 0.4) is 0 Å². The van der Waals surface area contributed by atoms with E-state index in [2.05, 4.69) is 143 Å². The predicted molar refractivity (Wildman–Crippen MR) is 180 cm³/mol. The lowest BCUT2D eigenvalue weighted by Crippen LogP contribution is -1.95. The highest BCUT2D eigenvalue weighted by Gasteiger charge is 2.21. The molecule has 0 radical (unpaired) electrons. The zero-order chi connectivity index (χ0) is 28.1. The quantitative estimate of drug-likeness (QED) is 0.211. The summed E-state index contributed by atoms with van der Waals surface area (Å²) in [5.74, 6) is 0. The Morgan fingerprint density at radius 3 is 1.74 bits per heavy atom. The summed E-state index contributed by atoms with van der Waals surface area (Å²) in [4.78, 5) is 0. The maximum atomic E-state index is 6.17. The first-order chi connectivity index (χ1) is 21.3. The molecule has 3 aromatic heterocycles. The van der Waals surface area contributed by atoms with E-state index in [0.29, 0.717) is 0 Å². The monoisotopic (exact) mass is 548 g/mol. The third-order valence-corrected chi connectivity index (χ3v) is 9.10. The van der Waals surface area contributed by atoms with Crippen LogP contribution >= 0.6 is 0 Å². The van der Waals surface area contributed by atoms with Gasteiger partial charge in [-0.1, -0.05) is 91.0 Å². The number of benzene rings is 7. The molecule has 0 atom stereocenters. The minimum atomic E-state index is 0.909. The normalized spacial score (nSPS) is 12.2. The first-order valence-corrected chi connectivity index (χ1v) is 14.7. The number of aromatic nitrogens is 2. The lowest BCUT2D eigenvalue weighted by molar-refractivity contribution is 0.669. The number of hydrogen-bond acceptors (Lipinski definition) is 1. The van der Waals surface area contributed by atoms with Gasteiger partial charge in [-0.25, -0.2) is 0 Å². The number of hydrogen-bond donors (Lipinski definition) is 0. The second-order valence-corrected chi connectivity index (χ2v) is 11.3. The van der Waals surface area contributed by atoms with Crippen molar-refractivity contribution in [1.82, 2.24) is 9.13 Å². The van der Waals surface area contributed by atoms with Crippen molar-refractivity contribution in [2.24, 2.45) is 0 Å². The van der Waals surface area contributed by atoms with Gasteiger partial charge in [-0.15, -0.1) is 0 Å². The molecule has 10 rings (SSSR count). The van der Waals surface area contributed by atoms with E-state index in [1.54, 1.807) is 0 Å². The smallest absolute Gasteiger partial charge is 0.135 e. The SMILES string of the molecule is c1ccc2c(-n3c4ccccc4c4c5c6ccccc6n(-c6ccc7oc8ccccc8c7c6)c5ccc43)cccc2c1. The number of fused-ring (bicyclic) bond motifs is 11. The molecule has 3 nitrogen and oxygen atoms in total. The van der Waals surface area contributed by atoms with Gasteiger partial charge in [-0.05, 0) is 60.0 Å². The third kappa shape index (κ3) is 3.03. The van der Waals surface area contributed by atoms with Crippen LogP contribution in [0, 0.1) is 0 Å². The molecule has 0 aliphatic heterocycles. The van der Waals surface area contributed by atoms with Crippen LogP contribution in [0.5, 0.6) is 0 Å². The average molecular weight is 549 g/mol. The molecule has 0 saturated heterocycles. The minimum Gasteiger partial charge on any atom is -0.456 e. The van der Waals surface area contributed by atoms with Crippen molar-refractivity contribution in [3.8, 4) is 11.4 Å². The number of rotatable bonds is 2. The molecule has 3 heterocycles. The summed E-state index contributed by atoms with van der Waals surface area (Å²) in [5, 5.41) is 9.83. The fourth-order valence-corrected chi connectivity index (χ4v) is 7.31. The molecule has 0 unspecified atom stereocenters. The lowest BCUT2D eigenvalue weighted by atomic mass is 10.1. The van der Waals surface area contributed by atoms with Crippen LogP contribution in [0.4, 0.5) is 0 Å². The number of furan rings is 1. The van der Waals surface area contributed by atoms with Crippen LogP contribution < -0.4 is 0 Å². The summed E-state index contributed by atoms with van der Waals surface area (Å²) in [5.41, 5.74) is 8.97. The summed E-state index contributed by atoms with van der Waals surface area (Å²) in [6.07, 6.45) is 0.